The van der Waals surface area contributed by atoms with E-state index in [4.69, 9.17) is 21.4 Å². The highest BCUT2D eigenvalue weighted by Gasteiger charge is 2.35. The molecule has 1 aromatic rings. The van der Waals surface area contributed by atoms with E-state index in [9.17, 15) is 4.79 Å². The van der Waals surface area contributed by atoms with E-state index in [0.29, 0.717) is 5.02 Å². The summed E-state index contributed by atoms with van der Waals surface area (Å²) in [4.78, 5) is 10.9. The highest BCUT2D eigenvalue weighted by atomic mass is 35.5. The van der Waals surface area contributed by atoms with Gasteiger partial charge in [-0.1, -0.05) is 35.9 Å². The molecule has 2 rings (SSSR count). The minimum absolute atomic E-state index is 0.223. The van der Waals surface area contributed by atoms with E-state index in [0.717, 1.165) is 18.4 Å². The van der Waals surface area contributed by atoms with Gasteiger partial charge < -0.3 is 15.2 Å². The Kier molecular flexibility index (Phi) is 4.91. The van der Waals surface area contributed by atoms with Crippen LogP contribution >= 0.6 is 11.6 Å². The lowest BCUT2D eigenvalue weighted by atomic mass is 9.91. The summed E-state index contributed by atoms with van der Waals surface area (Å²) < 4.78 is 5.99. The third kappa shape index (κ3) is 4.76. The second-order valence-corrected chi connectivity index (χ2v) is 6.28. The van der Waals surface area contributed by atoms with E-state index in [1.165, 1.54) is 0 Å². The molecule has 1 aliphatic rings. The lowest BCUT2D eigenvalue weighted by Crippen LogP contribution is -2.51. The van der Waals surface area contributed by atoms with Crippen LogP contribution in [0.25, 0.3) is 6.08 Å². The summed E-state index contributed by atoms with van der Waals surface area (Å²) in [5.74, 6) is 0. The van der Waals surface area contributed by atoms with Crippen LogP contribution in [-0.2, 0) is 4.74 Å². The van der Waals surface area contributed by atoms with Gasteiger partial charge in [0.2, 0.25) is 0 Å². The van der Waals surface area contributed by atoms with Crippen LogP contribution < -0.4 is 5.32 Å². The Hall–Kier alpha value is -1.52. The van der Waals surface area contributed by atoms with Crippen LogP contribution in [0.1, 0.15) is 32.3 Å². The van der Waals surface area contributed by atoms with E-state index >= 15 is 0 Å². The third-order valence-electron chi connectivity index (χ3n) is 3.57. The smallest absolute Gasteiger partial charge is 0.404 e. The Bertz CT molecular complexity index is 525. The summed E-state index contributed by atoms with van der Waals surface area (Å²) >= 11 is 5.85. The monoisotopic (exact) mass is 309 g/mol. The number of benzene rings is 1. The molecule has 1 fully saturated rings. The molecule has 0 aliphatic carbocycles. The van der Waals surface area contributed by atoms with Crippen molar-refractivity contribution in [2.75, 3.05) is 0 Å². The van der Waals surface area contributed by atoms with E-state index in [-0.39, 0.29) is 17.7 Å². The first-order valence-corrected chi connectivity index (χ1v) is 7.35. The predicted octanol–water partition coefficient (Wildman–Crippen LogP) is 3.95. The second kappa shape index (κ2) is 6.50. The largest absolute Gasteiger partial charge is 0.465 e. The van der Waals surface area contributed by atoms with Crippen molar-refractivity contribution in [3.8, 4) is 0 Å². The van der Waals surface area contributed by atoms with Gasteiger partial charge in [0.25, 0.3) is 0 Å². The first kappa shape index (κ1) is 15.9. The maximum absolute atomic E-state index is 10.9. The number of carboxylic acid groups (broad SMARTS) is 1. The van der Waals surface area contributed by atoms with Crippen molar-refractivity contribution in [2.24, 2.45) is 0 Å². The molecule has 1 unspecified atom stereocenters. The Morgan fingerprint density at radius 1 is 1.43 bits per heavy atom. The van der Waals surface area contributed by atoms with Crippen LogP contribution in [0, 0.1) is 0 Å². The fraction of sp³-hybridized carbons (Fsp3) is 0.438. The van der Waals surface area contributed by atoms with E-state index in [1.807, 2.05) is 50.3 Å². The zero-order valence-corrected chi connectivity index (χ0v) is 12.9. The van der Waals surface area contributed by atoms with Gasteiger partial charge in [-0.15, -0.1) is 0 Å². The first-order valence-electron chi connectivity index (χ1n) is 6.97. The van der Waals surface area contributed by atoms with Gasteiger partial charge in [-0.2, -0.15) is 0 Å². The minimum atomic E-state index is -1.02. The number of nitrogens with one attached hydrogen (secondary N) is 1. The molecular formula is C16H20ClNO3. The van der Waals surface area contributed by atoms with Crippen LogP contribution in [0.2, 0.25) is 5.02 Å². The fourth-order valence-corrected chi connectivity index (χ4v) is 2.57. The fourth-order valence-electron chi connectivity index (χ4n) is 2.44. The van der Waals surface area contributed by atoms with Crippen LogP contribution in [-0.4, -0.2) is 28.9 Å². The maximum atomic E-state index is 10.9. The average Bonchev–Trinajstić information content (AvgIpc) is 2.40. The van der Waals surface area contributed by atoms with E-state index in [1.54, 1.807) is 0 Å². The van der Waals surface area contributed by atoms with Gasteiger partial charge in [-0.05, 0) is 44.4 Å². The standard InChI is InChI=1S/C16H20ClNO3/c1-16(2)10-9-13(18-15(19)20)14(21-16)8-5-11-3-6-12(17)7-4-11/h3-8,13-14,18H,9-10H2,1-2H3,(H,19,20)/t13?,14-/m1/s1. The summed E-state index contributed by atoms with van der Waals surface area (Å²) in [5, 5.41) is 12.1. The van der Waals surface area contributed by atoms with Crippen molar-refractivity contribution in [2.45, 2.75) is 44.4 Å². The van der Waals surface area contributed by atoms with Gasteiger partial charge in [-0.25, -0.2) is 4.79 Å². The van der Waals surface area contributed by atoms with Crippen molar-refractivity contribution < 1.29 is 14.6 Å². The molecule has 1 aliphatic heterocycles. The zero-order valence-electron chi connectivity index (χ0n) is 12.2. The van der Waals surface area contributed by atoms with Crippen LogP contribution in [0.5, 0.6) is 0 Å². The maximum Gasteiger partial charge on any atom is 0.404 e. The summed E-state index contributed by atoms with van der Waals surface area (Å²) in [6.45, 7) is 4.04. The third-order valence-corrected chi connectivity index (χ3v) is 3.82. The zero-order chi connectivity index (χ0) is 15.5. The first-order chi connectivity index (χ1) is 9.85. The molecule has 2 N–H and O–H groups in total. The molecule has 1 heterocycles. The molecule has 4 nitrogen and oxygen atoms in total. The topological polar surface area (TPSA) is 58.6 Å². The molecule has 0 saturated carbocycles. The van der Waals surface area contributed by atoms with Crippen molar-refractivity contribution in [3.05, 3.63) is 40.9 Å². The number of hydrogen-bond donors (Lipinski definition) is 2. The highest BCUT2D eigenvalue weighted by Crippen LogP contribution is 2.29. The molecule has 0 spiro atoms. The summed E-state index contributed by atoms with van der Waals surface area (Å²) in [7, 11) is 0. The van der Waals surface area contributed by atoms with Gasteiger partial charge in [0.1, 0.15) is 0 Å². The Morgan fingerprint density at radius 2 is 2.10 bits per heavy atom. The van der Waals surface area contributed by atoms with Gasteiger partial charge in [0, 0.05) is 5.02 Å². The predicted molar refractivity (Wildman–Crippen MR) is 83.6 cm³/mol. The van der Waals surface area contributed by atoms with E-state index < -0.39 is 6.09 Å². The molecule has 114 valence electrons. The van der Waals surface area contributed by atoms with Gasteiger partial charge >= 0.3 is 6.09 Å². The van der Waals surface area contributed by atoms with Crippen LogP contribution in [0.15, 0.2) is 30.3 Å². The molecule has 1 amide bonds. The number of halogens is 1. The molecule has 5 heteroatoms. The van der Waals surface area contributed by atoms with Gasteiger partial charge in [0.15, 0.2) is 0 Å². The highest BCUT2D eigenvalue weighted by molar-refractivity contribution is 6.30. The Balaban J connectivity index is 2.11. The molecular weight excluding hydrogens is 290 g/mol. The normalized spacial score (nSPS) is 24.9. The quantitative estimate of drug-likeness (QED) is 0.889. The number of ether oxygens (including phenoxy) is 1. The molecule has 2 atom stereocenters. The van der Waals surface area contributed by atoms with Crippen molar-refractivity contribution >= 4 is 23.8 Å². The molecule has 1 aromatic carbocycles. The van der Waals surface area contributed by atoms with Gasteiger partial charge in [-0.3, -0.25) is 0 Å². The summed E-state index contributed by atoms with van der Waals surface area (Å²) in [6, 6.07) is 7.23. The van der Waals surface area contributed by atoms with Gasteiger partial charge in [0.05, 0.1) is 17.7 Å². The Labute approximate surface area is 129 Å². The van der Waals surface area contributed by atoms with E-state index in [2.05, 4.69) is 5.32 Å². The lowest BCUT2D eigenvalue weighted by Gasteiger charge is -2.39. The van der Waals surface area contributed by atoms with Crippen LogP contribution in [0.3, 0.4) is 0 Å². The molecule has 21 heavy (non-hydrogen) atoms. The molecule has 0 aromatic heterocycles. The number of hydrogen-bond acceptors (Lipinski definition) is 2. The molecule has 0 radical (unpaired) electrons. The number of amides is 1. The molecule has 0 bridgehead atoms. The van der Waals surface area contributed by atoms with Crippen molar-refractivity contribution in [1.29, 1.82) is 0 Å². The number of carbonyl (C=O) groups is 1. The Morgan fingerprint density at radius 3 is 2.71 bits per heavy atom. The number of rotatable bonds is 3. The SMILES string of the molecule is CC1(C)CCC(NC(=O)O)[C@@H](C=Cc2ccc(Cl)cc2)O1. The lowest BCUT2D eigenvalue weighted by molar-refractivity contribution is -0.0991. The van der Waals surface area contributed by atoms with Crippen molar-refractivity contribution in [1.82, 2.24) is 5.32 Å². The minimum Gasteiger partial charge on any atom is -0.465 e. The summed E-state index contributed by atoms with van der Waals surface area (Å²) in [6.07, 6.45) is 4.12. The van der Waals surface area contributed by atoms with Crippen LogP contribution in [0.4, 0.5) is 4.79 Å². The second-order valence-electron chi connectivity index (χ2n) is 5.85. The molecule has 1 saturated heterocycles. The van der Waals surface area contributed by atoms with Crippen molar-refractivity contribution in [3.63, 3.8) is 0 Å². The summed E-state index contributed by atoms with van der Waals surface area (Å²) in [5.41, 5.74) is 0.756. The average molecular weight is 310 g/mol.